The van der Waals surface area contributed by atoms with E-state index in [0.29, 0.717) is 12.5 Å². The van der Waals surface area contributed by atoms with Crippen LogP contribution in [-0.2, 0) is 14.6 Å². The lowest BCUT2D eigenvalue weighted by molar-refractivity contribution is -0.354. The van der Waals surface area contributed by atoms with Crippen molar-refractivity contribution in [2.75, 3.05) is 31.7 Å². The molecule has 2 fully saturated rings. The summed E-state index contributed by atoms with van der Waals surface area (Å²) in [4.78, 5) is 23.9. The van der Waals surface area contributed by atoms with Crippen LogP contribution in [0.4, 0.5) is 0 Å². The molecule has 0 bridgehead atoms. The van der Waals surface area contributed by atoms with E-state index in [1.165, 1.54) is 11.5 Å². The molecule has 0 aromatic rings. The highest BCUT2D eigenvalue weighted by atomic mass is 32.2. The maximum absolute atomic E-state index is 10.7. The van der Waals surface area contributed by atoms with Crippen molar-refractivity contribution in [1.29, 1.82) is 0 Å². The van der Waals surface area contributed by atoms with Crippen LogP contribution in [0.3, 0.4) is 0 Å². The second-order valence-electron chi connectivity index (χ2n) is 5.08. The number of hydrogen-bond donors (Lipinski definition) is 0. The van der Waals surface area contributed by atoms with Crippen molar-refractivity contribution in [3.8, 4) is 0 Å². The van der Waals surface area contributed by atoms with Crippen LogP contribution in [0.15, 0.2) is 0 Å². The average molecular weight is 273 g/mol. The van der Waals surface area contributed by atoms with E-state index in [4.69, 9.17) is 9.78 Å². The van der Waals surface area contributed by atoms with Gasteiger partial charge >= 0.3 is 0 Å². The highest BCUT2D eigenvalue weighted by Gasteiger charge is 2.47. The van der Waals surface area contributed by atoms with Gasteiger partial charge in [-0.2, -0.15) is 11.8 Å². The molecular formula is C13H23NO3S. The van der Waals surface area contributed by atoms with Gasteiger partial charge < -0.3 is 4.79 Å². The predicted octanol–water partition coefficient (Wildman–Crippen LogP) is 1.88. The van der Waals surface area contributed by atoms with Gasteiger partial charge in [0.2, 0.25) is 0 Å². The fourth-order valence-corrected chi connectivity index (χ4v) is 4.26. The second kappa shape index (κ2) is 6.89. The molecule has 1 aliphatic carbocycles. The predicted molar refractivity (Wildman–Crippen MR) is 72.7 cm³/mol. The molecule has 1 aliphatic heterocycles. The number of carbonyl (C=O) groups is 1. The maximum Gasteiger partial charge on any atom is 0.120 e. The number of hydrogen-bond acceptors (Lipinski definition) is 5. The van der Waals surface area contributed by atoms with E-state index in [1.54, 1.807) is 7.11 Å². The zero-order chi connectivity index (χ0) is 12.8. The number of aldehydes is 1. The fraction of sp³-hybridized carbons (Fsp3) is 0.923. The summed E-state index contributed by atoms with van der Waals surface area (Å²) in [6.45, 7) is 2.26. The Balaban J connectivity index is 2.06. The number of thioether (sulfide) groups is 1. The third-order valence-electron chi connectivity index (χ3n) is 4.11. The van der Waals surface area contributed by atoms with E-state index in [1.807, 2.05) is 11.8 Å². The van der Waals surface area contributed by atoms with Crippen molar-refractivity contribution in [3.63, 3.8) is 0 Å². The minimum atomic E-state index is -0.266. The van der Waals surface area contributed by atoms with Crippen molar-refractivity contribution in [1.82, 2.24) is 4.90 Å². The first kappa shape index (κ1) is 14.3. The Morgan fingerprint density at radius 3 is 2.89 bits per heavy atom. The van der Waals surface area contributed by atoms with Crippen LogP contribution in [0.5, 0.6) is 0 Å². The normalized spacial score (nSPS) is 33.7. The van der Waals surface area contributed by atoms with Gasteiger partial charge in [0.25, 0.3) is 0 Å². The van der Waals surface area contributed by atoms with Crippen LogP contribution in [0, 0.1) is 0 Å². The van der Waals surface area contributed by atoms with Crippen molar-refractivity contribution < 1.29 is 14.6 Å². The molecule has 0 aromatic carbocycles. The standard InChI is InChI=1S/C13H23NO3S/c1-16-17-13(6-3-9-15)5-2-4-12(13)14-7-10-18-11-8-14/h9,12H,2-8,10-11H2,1H3. The smallest absolute Gasteiger partial charge is 0.120 e. The molecule has 2 unspecified atom stereocenters. The van der Waals surface area contributed by atoms with Gasteiger partial charge in [-0.1, -0.05) is 0 Å². The molecule has 18 heavy (non-hydrogen) atoms. The number of nitrogens with zero attached hydrogens (tertiary/aromatic N) is 1. The molecule has 2 aliphatic rings. The molecule has 2 atom stereocenters. The average Bonchev–Trinajstić information content (AvgIpc) is 2.82. The van der Waals surface area contributed by atoms with Crippen LogP contribution in [0.1, 0.15) is 32.1 Å². The van der Waals surface area contributed by atoms with Crippen molar-refractivity contribution in [2.45, 2.75) is 43.7 Å². The van der Waals surface area contributed by atoms with E-state index in [0.717, 1.165) is 45.1 Å². The van der Waals surface area contributed by atoms with E-state index in [2.05, 4.69) is 4.90 Å². The maximum atomic E-state index is 10.7. The second-order valence-corrected chi connectivity index (χ2v) is 6.30. The highest BCUT2D eigenvalue weighted by molar-refractivity contribution is 7.99. The first-order chi connectivity index (χ1) is 8.82. The summed E-state index contributed by atoms with van der Waals surface area (Å²) in [6.07, 6.45) is 5.65. The van der Waals surface area contributed by atoms with Crippen molar-refractivity contribution in [3.05, 3.63) is 0 Å². The molecule has 0 aromatic heterocycles. The van der Waals surface area contributed by atoms with Crippen LogP contribution in [0.25, 0.3) is 0 Å². The lowest BCUT2D eigenvalue weighted by Crippen LogP contribution is -2.53. The van der Waals surface area contributed by atoms with Gasteiger partial charge in [-0.15, -0.1) is 0 Å². The molecule has 0 amide bonds. The molecule has 1 saturated heterocycles. The first-order valence-corrected chi connectivity index (χ1v) is 7.95. The van der Waals surface area contributed by atoms with Gasteiger partial charge in [0, 0.05) is 37.1 Å². The van der Waals surface area contributed by atoms with Crippen molar-refractivity contribution in [2.24, 2.45) is 0 Å². The topological polar surface area (TPSA) is 38.8 Å². The number of rotatable bonds is 6. The Hall–Kier alpha value is -0.100. The lowest BCUT2D eigenvalue weighted by atomic mass is 9.91. The van der Waals surface area contributed by atoms with Crippen LogP contribution < -0.4 is 0 Å². The monoisotopic (exact) mass is 273 g/mol. The molecule has 0 N–H and O–H groups in total. The minimum Gasteiger partial charge on any atom is -0.303 e. The van der Waals surface area contributed by atoms with Crippen LogP contribution in [0.2, 0.25) is 0 Å². The Morgan fingerprint density at radius 1 is 1.44 bits per heavy atom. The van der Waals surface area contributed by atoms with Gasteiger partial charge in [0.15, 0.2) is 0 Å². The Morgan fingerprint density at radius 2 is 2.22 bits per heavy atom. The summed E-state index contributed by atoms with van der Waals surface area (Å²) in [7, 11) is 1.57. The summed E-state index contributed by atoms with van der Waals surface area (Å²) in [5.41, 5.74) is -0.266. The molecule has 1 saturated carbocycles. The molecule has 0 spiro atoms. The third-order valence-corrected chi connectivity index (χ3v) is 5.05. The lowest BCUT2D eigenvalue weighted by Gasteiger charge is -2.41. The SMILES string of the molecule is COOC1(CCC=O)CCCC1N1CCSCC1. The molecular weight excluding hydrogens is 250 g/mol. The molecule has 0 radical (unpaired) electrons. The van der Waals surface area contributed by atoms with E-state index in [-0.39, 0.29) is 5.60 Å². The Kier molecular flexibility index (Phi) is 5.48. The molecule has 104 valence electrons. The Labute approximate surface area is 113 Å². The highest BCUT2D eigenvalue weighted by Crippen LogP contribution is 2.41. The first-order valence-electron chi connectivity index (χ1n) is 6.80. The van der Waals surface area contributed by atoms with E-state index in [9.17, 15) is 4.79 Å². The van der Waals surface area contributed by atoms with Gasteiger partial charge in [-0.3, -0.25) is 4.90 Å². The summed E-state index contributed by atoms with van der Waals surface area (Å²) in [5, 5.41) is 0. The minimum absolute atomic E-state index is 0.266. The molecule has 5 heteroatoms. The van der Waals surface area contributed by atoms with Gasteiger partial charge in [0.1, 0.15) is 11.9 Å². The summed E-state index contributed by atoms with van der Waals surface area (Å²) >= 11 is 2.02. The molecule has 4 nitrogen and oxygen atoms in total. The van der Waals surface area contributed by atoms with Gasteiger partial charge in [-0.25, -0.2) is 9.78 Å². The largest absolute Gasteiger partial charge is 0.303 e. The summed E-state index contributed by atoms with van der Waals surface area (Å²) in [6, 6.07) is 0.415. The quantitative estimate of drug-likeness (QED) is 0.420. The summed E-state index contributed by atoms with van der Waals surface area (Å²) in [5.74, 6) is 2.40. The third kappa shape index (κ3) is 3.07. The van der Waals surface area contributed by atoms with Crippen molar-refractivity contribution >= 4 is 18.0 Å². The van der Waals surface area contributed by atoms with Gasteiger partial charge in [-0.05, 0) is 25.7 Å². The molecule has 1 heterocycles. The van der Waals surface area contributed by atoms with Crippen LogP contribution in [-0.4, -0.2) is 54.5 Å². The van der Waals surface area contributed by atoms with E-state index < -0.39 is 0 Å². The zero-order valence-electron chi connectivity index (χ0n) is 11.1. The number of carbonyl (C=O) groups excluding carboxylic acids is 1. The van der Waals surface area contributed by atoms with Gasteiger partial charge in [0.05, 0.1) is 7.11 Å². The summed E-state index contributed by atoms with van der Waals surface area (Å²) < 4.78 is 0. The molecule has 2 rings (SSSR count). The van der Waals surface area contributed by atoms with Crippen LogP contribution >= 0.6 is 11.8 Å². The van der Waals surface area contributed by atoms with E-state index >= 15 is 0 Å². The Bertz CT molecular complexity index is 271. The zero-order valence-corrected chi connectivity index (χ0v) is 11.9. The fourth-order valence-electron chi connectivity index (χ4n) is 3.33.